The average Bonchev–Trinajstić information content (AvgIpc) is 2.46. The molecule has 3 aromatic rings. The van der Waals surface area contributed by atoms with E-state index in [9.17, 15) is 0 Å². The standard InChI is InChI=1S/C16H16N4/c1-10(2)13-15(19-9-20-16(13)17)12-7-3-5-11-6-4-8-18-14(11)12/h3-10H,1-2H3,(H2,17,19,20). The van der Waals surface area contributed by atoms with Crippen molar-refractivity contribution in [3.8, 4) is 11.3 Å². The van der Waals surface area contributed by atoms with Crippen molar-refractivity contribution in [2.24, 2.45) is 0 Å². The zero-order chi connectivity index (χ0) is 14.1. The van der Waals surface area contributed by atoms with Crippen LogP contribution in [0.2, 0.25) is 0 Å². The van der Waals surface area contributed by atoms with E-state index in [0.717, 1.165) is 27.7 Å². The van der Waals surface area contributed by atoms with Crippen LogP contribution in [0.4, 0.5) is 5.82 Å². The number of anilines is 1. The second kappa shape index (κ2) is 4.89. The van der Waals surface area contributed by atoms with Crippen molar-refractivity contribution in [2.45, 2.75) is 19.8 Å². The summed E-state index contributed by atoms with van der Waals surface area (Å²) in [6, 6.07) is 10.1. The molecule has 2 heterocycles. The summed E-state index contributed by atoms with van der Waals surface area (Å²) in [4.78, 5) is 13.0. The number of hydrogen-bond donors (Lipinski definition) is 1. The molecule has 2 aromatic heterocycles. The normalized spacial score (nSPS) is 11.2. The fourth-order valence-electron chi connectivity index (χ4n) is 2.49. The highest BCUT2D eigenvalue weighted by Crippen LogP contribution is 2.33. The molecule has 0 atom stereocenters. The average molecular weight is 264 g/mol. The molecule has 0 unspecified atom stereocenters. The summed E-state index contributed by atoms with van der Waals surface area (Å²) in [5.74, 6) is 0.795. The molecule has 0 bridgehead atoms. The van der Waals surface area contributed by atoms with Crippen LogP contribution in [0.5, 0.6) is 0 Å². The zero-order valence-electron chi connectivity index (χ0n) is 11.5. The monoisotopic (exact) mass is 264 g/mol. The van der Waals surface area contributed by atoms with Crippen molar-refractivity contribution >= 4 is 16.7 Å². The van der Waals surface area contributed by atoms with Crippen LogP contribution in [0.3, 0.4) is 0 Å². The molecule has 0 aliphatic heterocycles. The second-order valence-corrected chi connectivity index (χ2v) is 5.06. The lowest BCUT2D eigenvalue weighted by Crippen LogP contribution is -2.04. The molecule has 0 radical (unpaired) electrons. The minimum atomic E-state index is 0.255. The summed E-state index contributed by atoms with van der Waals surface area (Å²) in [7, 11) is 0. The Balaban J connectivity index is 2.35. The van der Waals surface area contributed by atoms with E-state index in [-0.39, 0.29) is 5.92 Å². The SMILES string of the molecule is CC(C)c1c(N)ncnc1-c1cccc2cccnc12. The number of nitrogen functional groups attached to an aromatic ring is 1. The van der Waals surface area contributed by atoms with Gasteiger partial charge in [-0.3, -0.25) is 4.98 Å². The fraction of sp³-hybridized carbons (Fsp3) is 0.188. The number of benzene rings is 1. The zero-order valence-corrected chi connectivity index (χ0v) is 11.5. The maximum absolute atomic E-state index is 6.03. The Hall–Kier alpha value is -2.49. The Morgan fingerprint density at radius 1 is 1.00 bits per heavy atom. The predicted molar refractivity (Wildman–Crippen MR) is 81.3 cm³/mol. The number of hydrogen-bond acceptors (Lipinski definition) is 4. The molecule has 20 heavy (non-hydrogen) atoms. The molecular formula is C16H16N4. The van der Waals surface area contributed by atoms with E-state index in [0.29, 0.717) is 5.82 Å². The van der Waals surface area contributed by atoms with Gasteiger partial charge in [-0.05, 0) is 12.0 Å². The van der Waals surface area contributed by atoms with Crippen molar-refractivity contribution < 1.29 is 0 Å². The van der Waals surface area contributed by atoms with Crippen LogP contribution >= 0.6 is 0 Å². The van der Waals surface area contributed by atoms with Crippen molar-refractivity contribution in [1.82, 2.24) is 15.0 Å². The predicted octanol–water partition coefficient (Wildman–Crippen LogP) is 3.40. The first-order valence-corrected chi connectivity index (χ1v) is 6.63. The summed E-state index contributed by atoms with van der Waals surface area (Å²) in [5.41, 5.74) is 9.82. The molecular weight excluding hydrogens is 248 g/mol. The van der Waals surface area contributed by atoms with Gasteiger partial charge < -0.3 is 5.73 Å². The lowest BCUT2D eigenvalue weighted by molar-refractivity contribution is 0.855. The molecule has 0 aliphatic carbocycles. The van der Waals surface area contributed by atoms with Gasteiger partial charge in [-0.25, -0.2) is 9.97 Å². The van der Waals surface area contributed by atoms with Crippen LogP contribution in [0.15, 0.2) is 42.9 Å². The van der Waals surface area contributed by atoms with Crippen LogP contribution in [-0.2, 0) is 0 Å². The van der Waals surface area contributed by atoms with Crippen molar-refractivity contribution in [2.75, 3.05) is 5.73 Å². The second-order valence-electron chi connectivity index (χ2n) is 5.06. The molecule has 0 saturated heterocycles. The topological polar surface area (TPSA) is 64.7 Å². The van der Waals surface area contributed by atoms with Crippen LogP contribution in [0.25, 0.3) is 22.2 Å². The van der Waals surface area contributed by atoms with Crippen molar-refractivity contribution in [1.29, 1.82) is 0 Å². The lowest BCUT2D eigenvalue weighted by Gasteiger charge is -2.14. The van der Waals surface area contributed by atoms with Gasteiger partial charge in [0.25, 0.3) is 0 Å². The van der Waals surface area contributed by atoms with E-state index in [1.807, 2.05) is 30.3 Å². The van der Waals surface area contributed by atoms with Crippen LogP contribution < -0.4 is 5.73 Å². The number of pyridine rings is 1. The number of fused-ring (bicyclic) bond motifs is 1. The van der Waals surface area contributed by atoms with Crippen molar-refractivity contribution in [3.05, 3.63) is 48.4 Å². The Morgan fingerprint density at radius 2 is 1.80 bits per heavy atom. The first-order valence-electron chi connectivity index (χ1n) is 6.63. The molecule has 4 heteroatoms. The van der Waals surface area contributed by atoms with E-state index in [1.165, 1.54) is 6.33 Å². The van der Waals surface area contributed by atoms with Gasteiger partial charge >= 0.3 is 0 Å². The van der Waals surface area contributed by atoms with Gasteiger partial charge in [0.05, 0.1) is 11.2 Å². The highest BCUT2D eigenvalue weighted by atomic mass is 14.9. The molecule has 0 saturated carbocycles. The van der Waals surface area contributed by atoms with Crippen molar-refractivity contribution in [3.63, 3.8) is 0 Å². The van der Waals surface area contributed by atoms with E-state index < -0.39 is 0 Å². The van der Waals surface area contributed by atoms with Gasteiger partial charge in [0.15, 0.2) is 0 Å². The summed E-state index contributed by atoms with van der Waals surface area (Å²) < 4.78 is 0. The molecule has 1 aromatic carbocycles. The minimum Gasteiger partial charge on any atom is -0.383 e. The van der Waals surface area contributed by atoms with E-state index in [4.69, 9.17) is 5.73 Å². The van der Waals surface area contributed by atoms with Gasteiger partial charge in [0, 0.05) is 22.7 Å². The summed E-state index contributed by atoms with van der Waals surface area (Å²) in [6.07, 6.45) is 3.31. The van der Waals surface area contributed by atoms with Crippen LogP contribution in [0.1, 0.15) is 25.3 Å². The third-order valence-electron chi connectivity index (χ3n) is 3.38. The molecule has 4 nitrogen and oxygen atoms in total. The molecule has 0 spiro atoms. The first kappa shape index (κ1) is 12.5. The smallest absolute Gasteiger partial charge is 0.130 e. The maximum atomic E-state index is 6.03. The number of para-hydroxylation sites is 1. The van der Waals surface area contributed by atoms with Gasteiger partial charge in [-0.15, -0.1) is 0 Å². The van der Waals surface area contributed by atoms with Gasteiger partial charge in [0.1, 0.15) is 12.1 Å². The lowest BCUT2D eigenvalue weighted by atomic mass is 9.96. The Kier molecular flexibility index (Phi) is 3.06. The van der Waals surface area contributed by atoms with E-state index in [1.54, 1.807) is 6.20 Å². The third kappa shape index (κ3) is 1.99. The summed E-state index contributed by atoms with van der Waals surface area (Å²) >= 11 is 0. The van der Waals surface area contributed by atoms with Crippen LogP contribution in [-0.4, -0.2) is 15.0 Å². The van der Waals surface area contributed by atoms with E-state index in [2.05, 4.69) is 28.8 Å². The molecule has 3 rings (SSSR count). The summed E-state index contributed by atoms with van der Waals surface area (Å²) in [6.45, 7) is 4.19. The number of nitrogens with zero attached hydrogens (tertiary/aromatic N) is 3. The highest BCUT2D eigenvalue weighted by Gasteiger charge is 2.16. The van der Waals surface area contributed by atoms with Gasteiger partial charge in [0.2, 0.25) is 0 Å². The molecule has 0 aliphatic rings. The summed E-state index contributed by atoms with van der Waals surface area (Å²) in [5, 5.41) is 1.09. The number of nitrogens with two attached hydrogens (primary N) is 1. The first-order chi connectivity index (χ1) is 9.68. The third-order valence-corrected chi connectivity index (χ3v) is 3.38. The molecule has 100 valence electrons. The Morgan fingerprint density at radius 3 is 2.60 bits per heavy atom. The number of aromatic nitrogens is 3. The quantitative estimate of drug-likeness (QED) is 0.770. The van der Waals surface area contributed by atoms with Crippen LogP contribution in [0, 0.1) is 0 Å². The number of rotatable bonds is 2. The maximum Gasteiger partial charge on any atom is 0.130 e. The van der Waals surface area contributed by atoms with E-state index >= 15 is 0 Å². The molecule has 2 N–H and O–H groups in total. The Bertz CT molecular complexity index is 760. The largest absolute Gasteiger partial charge is 0.383 e. The Labute approximate surface area is 117 Å². The molecule has 0 fully saturated rings. The minimum absolute atomic E-state index is 0.255. The highest BCUT2D eigenvalue weighted by molar-refractivity contribution is 5.93. The molecule has 0 amide bonds. The van der Waals surface area contributed by atoms with Gasteiger partial charge in [-0.2, -0.15) is 0 Å². The van der Waals surface area contributed by atoms with Gasteiger partial charge in [-0.1, -0.05) is 38.1 Å². The fourth-order valence-corrected chi connectivity index (χ4v) is 2.49.